The van der Waals surface area contributed by atoms with E-state index in [9.17, 15) is 9.59 Å². The maximum atomic E-state index is 13.6. The third kappa shape index (κ3) is 4.52. The number of nitrogen functional groups attached to an aromatic ring is 1. The Morgan fingerprint density at radius 1 is 1.03 bits per heavy atom. The number of fused-ring (bicyclic) bond motifs is 1. The van der Waals surface area contributed by atoms with Crippen molar-refractivity contribution in [1.29, 1.82) is 0 Å². The number of urea groups is 1. The van der Waals surface area contributed by atoms with Gasteiger partial charge in [-0.15, -0.1) is 0 Å². The van der Waals surface area contributed by atoms with Gasteiger partial charge in [0.2, 0.25) is 0 Å². The van der Waals surface area contributed by atoms with Gasteiger partial charge in [-0.3, -0.25) is 4.79 Å². The van der Waals surface area contributed by atoms with Crippen LogP contribution in [0.3, 0.4) is 0 Å². The maximum Gasteiger partial charge on any atom is 0.323 e. The zero-order chi connectivity index (χ0) is 24.4. The van der Waals surface area contributed by atoms with Gasteiger partial charge in [-0.2, -0.15) is 0 Å². The topological polar surface area (TPSA) is 124 Å². The number of benzene rings is 2. The maximum absolute atomic E-state index is 13.6. The Balaban J connectivity index is 1.39. The molecule has 0 atom stereocenters. The normalized spacial score (nSPS) is 13.6. The summed E-state index contributed by atoms with van der Waals surface area (Å²) in [5, 5.41) is 6.11. The first-order chi connectivity index (χ1) is 17.0. The molecule has 0 bridgehead atoms. The summed E-state index contributed by atoms with van der Waals surface area (Å²) < 4.78 is 7.20. The predicted molar refractivity (Wildman–Crippen MR) is 135 cm³/mol. The minimum Gasteiger partial charge on any atom is -0.497 e. The van der Waals surface area contributed by atoms with Crippen molar-refractivity contribution in [2.24, 2.45) is 0 Å². The zero-order valence-electron chi connectivity index (χ0n) is 19.3. The van der Waals surface area contributed by atoms with Crippen LogP contribution in [0.1, 0.15) is 47.6 Å². The lowest BCUT2D eigenvalue weighted by Crippen LogP contribution is -2.19. The number of aromatic nitrogens is 3. The molecule has 0 aliphatic heterocycles. The van der Waals surface area contributed by atoms with E-state index in [0.717, 1.165) is 25.7 Å². The highest BCUT2D eigenvalue weighted by Crippen LogP contribution is 2.35. The van der Waals surface area contributed by atoms with Crippen molar-refractivity contribution < 1.29 is 14.3 Å². The van der Waals surface area contributed by atoms with Crippen LogP contribution in [-0.2, 0) is 0 Å². The molecule has 1 aliphatic rings. The molecule has 4 N–H and O–H groups in total. The van der Waals surface area contributed by atoms with Gasteiger partial charge in [-0.05, 0) is 49.2 Å². The number of nitrogens with one attached hydrogen (secondary N) is 2. The monoisotopic (exact) mass is 470 g/mol. The zero-order valence-corrected chi connectivity index (χ0v) is 19.3. The number of hydrogen-bond acceptors (Lipinski definition) is 6. The smallest absolute Gasteiger partial charge is 0.323 e. The van der Waals surface area contributed by atoms with Crippen molar-refractivity contribution in [1.82, 2.24) is 14.5 Å². The van der Waals surface area contributed by atoms with Crippen LogP contribution in [0.5, 0.6) is 5.75 Å². The lowest BCUT2D eigenvalue weighted by atomic mass is 10.0. The molecule has 5 rings (SSSR count). The number of nitrogens with zero attached hydrogens (tertiary/aromatic N) is 3. The number of ether oxygens (including phenoxy) is 1. The minimum atomic E-state index is -0.421. The van der Waals surface area contributed by atoms with Crippen molar-refractivity contribution in [3.8, 4) is 5.75 Å². The van der Waals surface area contributed by atoms with Gasteiger partial charge in [0.25, 0.3) is 0 Å². The van der Waals surface area contributed by atoms with E-state index in [0.29, 0.717) is 45.3 Å². The number of anilines is 3. The molecule has 0 unspecified atom stereocenters. The molecule has 9 heteroatoms. The van der Waals surface area contributed by atoms with Gasteiger partial charge >= 0.3 is 6.03 Å². The Kier molecular flexibility index (Phi) is 6.05. The van der Waals surface area contributed by atoms with Crippen LogP contribution >= 0.6 is 0 Å². The molecule has 1 aliphatic carbocycles. The van der Waals surface area contributed by atoms with Gasteiger partial charge < -0.3 is 25.7 Å². The second-order valence-electron chi connectivity index (χ2n) is 8.56. The van der Waals surface area contributed by atoms with E-state index in [4.69, 9.17) is 10.5 Å². The number of hydrogen-bond donors (Lipinski definition) is 3. The van der Waals surface area contributed by atoms with Gasteiger partial charge in [0.05, 0.1) is 18.1 Å². The first-order valence-corrected chi connectivity index (χ1v) is 11.5. The van der Waals surface area contributed by atoms with E-state index in [1.807, 2.05) is 6.20 Å². The molecule has 2 aromatic carbocycles. The predicted octanol–water partition coefficient (Wildman–Crippen LogP) is 5.01. The number of amides is 2. The lowest BCUT2D eigenvalue weighted by molar-refractivity contribution is 0.104. The minimum absolute atomic E-state index is 0.201. The first kappa shape index (κ1) is 22.4. The average Bonchev–Trinajstić information content (AvgIpc) is 3.53. The van der Waals surface area contributed by atoms with Crippen molar-refractivity contribution in [2.45, 2.75) is 31.7 Å². The molecule has 0 saturated heterocycles. The highest BCUT2D eigenvalue weighted by molar-refractivity contribution is 6.18. The van der Waals surface area contributed by atoms with Gasteiger partial charge in [0, 0.05) is 29.2 Å². The van der Waals surface area contributed by atoms with Crippen LogP contribution < -0.4 is 21.1 Å². The Morgan fingerprint density at radius 3 is 2.51 bits per heavy atom. The molecular formula is C26H26N6O3. The molecule has 1 saturated carbocycles. The van der Waals surface area contributed by atoms with Crippen molar-refractivity contribution in [3.05, 3.63) is 72.2 Å². The van der Waals surface area contributed by atoms with Gasteiger partial charge in [-0.25, -0.2) is 14.8 Å². The lowest BCUT2D eigenvalue weighted by Gasteiger charge is -2.12. The molecular weight excluding hydrogens is 444 g/mol. The number of methoxy groups -OCH3 is 1. The van der Waals surface area contributed by atoms with Crippen LogP contribution in [0.2, 0.25) is 0 Å². The second kappa shape index (κ2) is 9.46. The highest BCUT2D eigenvalue weighted by atomic mass is 16.5. The fraction of sp³-hybridized carbons (Fsp3) is 0.231. The number of carbonyl (C=O) groups is 2. The summed E-state index contributed by atoms with van der Waals surface area (Å²) in [6.07, 6.45) is 7.68. The third-order valence-corrected chi connectivity index (χ3v) is 6.33. The van der Waals surface area contributed by atoms with Crippen LogP contribution in [0, 0.1) is 0 Å². The van der Waals surface area contributed by atoms with Crippen LogP contribution in [0.15, 0.2) is 61.1 Å². The SMILES string of the molecule is COc1ccc(NC(=O)Nc2cccc(C(=O)c3cn(C4CCCC4)c4ncnc(N)c34)c2)cc1. The molecule has 9 nitrogen and oxygen atoms in total. The van der Waals surface area contributed by atoms with Crippen LogP contribution in [0.25, 0.3) is 11.0 Å². The van der Waals surface area contributed by atoms with E-state index in [1.165, 1.54) is 6.33 Å². The van der Waals surface area contributed by atoms with E-state index in [1.54, 1.807) is 55.6 Å². The molecule has 0 spiro atoms. The summed E-state index contributed by atoms with van der Waals surface area (Å²) in [6.45, 7) is 0. The number of nitrogens with two attached hydrogens (primary N) is 1. The largest absolute Gasteiger partial charge is 0.497 e. The van der Waals surface area contributed by atoms with Gasteiger partial charge in [-0.1, -0.05) is 25.0 Å². The van der Waals surface area contributed by atoms with Crippen molar-refractivity contribution in [3.63, 3.8) is 0 Å². The number of ketones is 1. The summed E-state index contributed by atoms with van der Waals surface area (Å²) in [6, 6.07) is 13.7. The molecule has 2 amide bonds. The highest BCUT2D eigenvalue weighted by Gasteiger charge is 2.25. The summed E-state index contributed by atoms with van der Waals surface area (Å²) in [5.74, 6) is 0.776. The molecule has 4 aromatic rings. The second-order valence-corrected chi connectivity index (χ2v) is 8.56. The fourth-order valence-corrected chi connectivity index (χ4v) is 4.60. The van der Waals surface area contributed by atoms with Gasteiger partial charge in [0.15, 0.2) is 5.78 Å². The van der Waals surface area contributed by atoms with Crippen molar-refractivity contribution >= 4 is 40.0 Å². The first-order valence-electron chi connectivity index (χ1n) is 11.5. The third-order valence-electron chi connectivity index (χ3n) is 6.33. The van der Waals surface area contributed by atoms with Crippen LogP contribution in [-0.4, -0.2) is 33.5 Å². The quantitative estimate of drug-likeness (QED) is 0.340. The molecule has 2 heterocycles. The molecule has 1 fully saturated rings. The summed E-state index contributed by atoms with van der Waals surface area (Å²) in [4.78, 5) is 34.6. The van der Waals surface area contributed by atoms with Crippen molar-refractivity contribution in [2.75, 3.05) is 23.5 Å². The van der Waals surface area contributed by atoms with Gasteiger partial charge in [0.1, 0.15) is 23.5 Å². The molecule has 178 valence electrons. The summed E-state index contributed by atoms with van der Waals surface area (Å²) in [7, 11) is 1.58. The Morgan fingerprint density at radius 2 is 1.77 bits per heavy atom. The van der Waals surface area contributed by atoms with E-state index >= 15 is 0 Å². The molecule has 2 aromatic heterocycles. The fourth-order valence-electron chi connectivity index (χ4n) is 4.60. The van der Waals surface area contributed by atoms with E-state index in [-0.39, 0.29) is 11.6 Å². The number of carbonyl (C=O) groups excluding carboxylic acids is 2. The molecule has 0 radical (unpaired) electrons. The summed E-state index contributed by atoms with van der Waals surface area (Å²) >= 11 is 0. The Labute approximate surface area is 202 Å². The Hall–Kier alpha value is -4.40. The average molecular weight is 471 g/mol. The number of rotatable bonds is 6. The molecule has 35 heavy (non-hydrogen) atoms. The summed E-state index contributed by atoms with van der Waals surface area (Å²) in [5.41, 5.74) is 8.87. The van der Waals surface area contributed by atoms with Crippen LogP contribution in [0.4, 0.5) is 22.0 Å². The Bertz CT molecular complexity index is 1390. The van der Waals surface area contributed by atoms with E-state index in [2.05, 4.69) is 25.2 Å². The van der Waals surface area contributed by atoms with E-state index < -0.39 is 6.03 Å². The standard InChI is InChI=1S/C26H26N6O3/c1-35-20-11-9-17(10-12-20)30-26(34)31-18-6-4-5-16(13-18)23(33)21-14-32(19-7-2-3-8-19)25-22(21)24(27)28-15-29-25/h4-6,9-15,19H,2-3,7-8H2,1H3,(H2,27,28,29)(H2,30,31,34).